The highest BCUT2D eigenvalue weighted by Gasteiger charge is 2.61. The summed E-state index contributed by atoms with van der Waals surface area (Å²) in [5.74, 6) is -1.31. The molecule has 0 bridgehead atoms. The Labute approximate surface area is 199 Å². The van der Waals surface area contributed by atoms with Gasteiger partial charge in [-0.25, -0.2) is 4.79 Å². The molecule has 34 heavy (non-hydrogen) atoms. The van der Waals surface area contributed by atoms with Crippen molar-refractivity contribution in [3.05, 3.63) is 59.7 Å². The first-order chi connectivity index (χ1) is 16.4. The average molecular weight is 463 g/mol. The van der Waals surface area contributed by atoms with Gasteiger partial charge in [0.05, 0.1) is 5.92 Å². The molecule has 5 atom stereocenters. The second-order valence-electron chi connectivity index (χ2n) is 9.77. The highest BCUT2D eigenvalue weighted by atomic mass is 16.5. The fourth-order valence-corrected chi connectivity index (χ4v) is 5.72. The van der Waals surface area contributed by atoms with Crippen molar-refractivity contribution in [2.24, 2.45) is 23.7 Å². The van der Waals surface area contributed by atoms with Crippen molar-refractivity contribution in [2.75, 3.05) is 19.7 Å². The number of rotatable bonds is 7. The number of ether oxygens (including phenoxy) is 1. The summed E-state index contributed by atoms with van der Waals surface area (Å²) in [6, 6.07) is 15.6. The minimum Gasteiger partial charge on any atom is -0.481 e. The molecule has 0 radical (unpaired) electrons. The zero-order valence-corrected chi connectivity index (χ0v) is 19.4. The quantitative estimate of drug-likeness (QED) is 0.654. The number of carboxylic acids is 1. The van der Waals surface area contributed by atoms with Crippen LogP contribution < -0.4 is 5.32 Å². The largest absolute Gasteiger partial charge is 0.481 e. The lowest BCUT2D eigenvalue weighted by molar-refractivity contribution is -0.141. The standard InChI is InChI=1S/C27H30N2O5/c1-3-15(2)24(25(30)29-12-20-21(13-29)23(20)26(31)32)28-27(33)34-14-22-18-10-6-4-8-16(18)17-9-5-7-11-19(17)22/h4-11,15,20-24H,3,12-14H2,1-2H3,(H,28,33)(H,31,32)/t15?,20-,21+,23?,24?. The number of carbonyl (C=O) groups is 3. The monoisotopic (exact) mass is 462 g/mol. The van der Waals surface area contributed by atoms with Gasteiger partial charge in [0.15, 0.2) is 0 Å². The number of carboxylic acid groups (broad SMARTS) is 1. The molecule has 7 heteroatoms. The highest BCUT2D eigenvalue weighted by Crippen LogP contribution is 2.52. The molecule has 2 N–H and O–H groups in total. The van der Waals surface area contributed by atoms with Crippen molar-refractivity contribution in [3.63, 3.8) is 0 Å². The SMILES string of the molecule is CCC(C)C(NC(=O)OCC1c2ccccc2-c2ccccc21)C(=O)N1C[C@@H]2C(C(=O)O)[C@@H]2C1. The summed E-state index contributed by atoms with van der Waals surface area (Å²) in [5.41, 5.74) is 4.59. The Morgan fingerprint density at radius 2 is 1.59 bits per heavy atom. The van der Waals surface area contributed by atoms with Gasteiger partial charge >= 0.3 is 12.1 Å². The first kappa shape index (κ1) is 22.4. The van der Waals surface area contributed by atoms with Crippen molar-refractivity contribution in [1.82, 2.24) is 10.2 Å². The van der Waals surface area contributed by atoms with E-state index in [4.69, 9.17) is 4.74 Å². The third-order valence-corrected chi connectivity index (χ3v) is 7.89. The summed E-state index contributed by atoms with van der Waals surface area (Å²) < 4.78 is 5.66. The molecule has 2 fully saturated rings. The number of nitrogens with zero attached hydrogens (tertiary/aromatic N) is 1. The van der Waals surface area contributed by atoms with Gasteiger partial charge in [-0.2, -0.15) is 0 Å². The Kier molecular flexibility index (Phi) is 5.80. The summed E-state index contributed by atoms with van der Waals surface area (Å²) in [4.78, 5) is 39.0. The number of fused-ring (bicyclic) bond motifs is 4. The molecule has 1 heterocycles. The Morgan fingerprint density at radius 3 is 2.12 bits per heavy atom. The van der Waals surface area contributed by atoms with Crippen LogP contribution in [0.5, 0.6) is 0 Å². The molecule has 1 aliphatic heterocycles. The van der Waals surface area contributed by atoms with E-state index in [1.807, 2.05) is 38.1 Å². The Bertz CT molecular complexity index is 1070. The molecule has 1 saturated heterocycles. The van der Waals surface area contributed by atoms with Crippen LogP contribution in [-0.4, -0.2) is 53.7 Å². The molecule has 0 spiro atoms. The van der Waals surface area contributed by atoms with E-state index in [1.165, 1.54) is 0 Å². The maximum absolute atomic E-state index is 13.2. The van der Waals surface area contributed by atoms with Crippen molar-refractivity contribution < 1.29 is 24.2 Å². The summed E-state index contributed by atoms with van der Waals surface area (Å²) in [5, 5.41) is 12.0. The van der Waals surface area contributed by atoms with Crippen LogP contribution in [0.2, 0.25) is 0 Å². The van der Waals surface area contributed by atoms with Gasteiger partial charge in [0, 0.05) is 19.0 Å². The second kappa shape index (κ2) is 8.78. The lowest BCUT2D eigenvalue weighted by atomic mass is 9.97. The number of carbonyl (C=O) groups excluding carboxylic acids is 2. The van der Waals surface area contributed by atoms with E-state index in [-0.39, 0.29) is 42.1 Å². The van der Waals surface area contributed by atoms with Gasteiger partial charge in [-0.15, -0.1) is 0 Å². The van der Waals surface area contributed by atoms with Crippen molar-refractivity contribution >= 4 is 18.0 Å². The van der Waals surface area contributed by atoms with Gasteiger partial charge in [0.1, 0.15) is 12.6 Å². The minimum absolute atomic E-state index is 0.0356. The van der Waals surface area contributed by atoms with Gasteiger partial charge in [-0.05, 0) is 40.0 Å². The number of amides is 2. The van der Waals surface area contributed by atoms with Crippen LogP contribution in [-0.2, 0) is 14.3 Å². The zero-order valence-electron chi connectivity index (χ0n) is 19.4. The predicted octanol–water partition coefficient (Wildman–Crippen LogP) is 3.73. The molecule has 1 saturated carbocycles. The summed E-state index contributed by atoms with van der Waals surface area (Å²) in [6.45, 7) is 4.99. The molecule has 3 unspecified atom stereocenters. The topological polar surface area (TPSA) is 95.9 Å². The maximum Gasteiger partial charge on any atom is 0.407 e. The van der Waals surface area contributed by atoms with E-state index in [2.05, 4.69) is 29.6 Å². The van der Waals surface area contributed by atoms with Crippen LogP contribution >= 0.6 is 0 Å². The Hall–Kier alpha value is -3.35. The van der Waals surface area contributed by atoms with E-state index in [1.54, 1.807) is 4.90 Å². The zero-order chi connectivity index (χ0) is 24.0. The first-order valence-corrected chi connectivity index (χ1v) is 12.0. The number of piperidine rings is 1. The molecule has 5 rings (SSSR count). The van der Waals surface area contributed by atoms with Crippen molar-refractivity contribution in [2.45, 2.75) is 32.2 Å². The van der Waals surface area contributed by atoms with Gasteiger partial charge in [0.25, 0.3) is 0 Å². The number of hydrogen-bond acceptors (Lipinski definition) is 4. The maximum atomic E-state index is 13.2. The third-order valence-electron chi connectivity index (χ3n) is 7.89. The predicted molar refractivity (Wildman–Crippen MR) is 126 cm³/mol. The Morgan fingerprint density at radius 1 is 1.03 bits per heavy atom. The summed E-state index contributed by atoms with van der Waals surface area (Å²) in [6.07, 6.45) is 0.117. The van der Waals surface area contributed by atoms with Gasteiger partial charge < -0.3 is 20.1 Å². The van der Waals surface area contributed by atoms with Crippen LogP contribution in [0.15, 0.2) is 48.5 Å². The lowest BCUT2D eigenvalue weighted by Crippen LogP contribution is -2.52. The summed E-state index contributed by atoms with van der Waals surface area (Å²) >= 11 is 0. The van der Waals surface area contributed by atoms with Crippen LogP contribution in [0.25, 0.3) is 11.1 Å². The number of aliphatic carboxylic acids is 1. The van der Waals surface area contributed by atoms with E-state index in [9.17, 15) is 19.5 Å². The van der Waals surface area contributed by atoms with Crippen molar-refractivity contribution in [1.29, 1.82) is 0 Å². The lowest BCUT2D eigenvalue weighted by Gasteiger charge is -2.29. The first-order valence-electron chi connectivity index (χ1n) is 12.0. The van der Waals surface area contributed by atoms with Gasteiger partial charge in [-0.3, -0.25) is 9.59 Å². The summed E-state index contributed by atoms with van der Waals surface area (Å²) in [7, 11) is 0. The molecular weight excluding hydrogens is 432 g/mol. The normalized spacial score (nSPS) is 23.9. The molecule has 0 aromatic heterocycles. The fourth-order valence-electron chi connectivity index (χ4n) is 5.72. The van der Waals surface area contributed by atoms with Gasteiger partial charge in [0.2, 0.25) is 5.91 Å². The fraction of sp³-hybridized carbons (Fsp3) is 0.444. The molecule has 2 amide bonds. The number of alkyl carbamates (subject to hydrolysis) is 1. The van der Waals surface area contributed by atoms with E-state index in [0.29, 0.717) is 13.1 Å². The molecule has 2 aromatic carbocycles. The number of nitrogens with one attached hydrogen (secondary N) is 1. The smallest absolute Gasteiger partial charge is 0.407 e. The third kappa shape index (κ3) is 3.83. The van der Waals surface area contributed by atoms with E-state index in [0.717, 1.165) is 28.7 Å². The van der Waals surface area contributed by atoms with Crippen LogP contribution in [0.4, 0.5) is 4.79 Å². The second-order valence-corrected chi connectivity index (χ2v) is 9.77. The number of likely N-dealkylation sites (tertiary alicyclic amines) is 1. The van der Waals surface area contributed by atoms with E-state index < -0.39 is 18.1 Å². The average Bonchev–Trinajstić information content (AvgIpc) is 3.20. The molecular formula is C27H30N2O5. The Balaban J connectivity index is 1.23. The van der Waals surface area contributed by atoms with Crippen LogP contribution in [0.1, 0.15) is 37.3 Å². The van der Waals surface area contributed by atoms with Crippen molar-refractivity contribution in [3.8, 4) is 11.1 Å². The van der Waals surface area contributed by atoms with E-state index >= 15 is 0 Å². The number of benzene rings is 2. The number of hydrogen-bond donors (Lipinski definition) is 2. The molecule has 3 aliphatic rings. The van der Waals surface area contributed by atoms with Crippen LogP contribution in [0, 0.1) is 23.7 Å². The minimum atomic E-state index is -0.780. The molecule has 7 nitrogen and oxygen atoms in total. The molecule has 2 aromatic rings. The molecule has 2 aliphatic carbocycles. The van der Waals surface area contributed by atoms with Gasteiger partial charge in [-0.1, -0.05) is 68.8 Å². The molecule has 178 valence electrons. The highest BCUT2D eigenvalue weighted by molar-refractivity contribution is 5.87. The van der Waals surface area contributed by atoms with Crippen LogP contribution in [0.3, 0.4) is 0 Å².